The lowest BCUT2D eigenvalue weighted by Gasteiger charge is -2.09. The number of rotatable bonds is 3. The Bertz CT molecular complexity index is 692. The van der Waals surface area contributed by atoms with E-state index in [1.807, 2.05) is 0 Å². The molecule has 3 nitrogen and oxygen atoms in total. The molecule has 0 bridgehead atoms. The van der Waals surface area contributed by atoms with E-state index in [1.54, 1.807) is 0 Å². The monoisotopic (exact) mass is 333 g/mol. The van der Waals surface area contributed by atoms with Gasteiger partial charge in [-0.15, -0.1) is 0 Å². The minimum absolute atomic E-state index is 0.138. The van der Waals surface area contributed by atoms with Crippen molar-refractivity contribution in [1.82, 2.24) is 4.98 Å². The fourth-order valence-electron chi connectivity index (χ4n) is 1.72. The molecular weight excluding hydrogens is 328 g/mol. The summed E-state index contributed by atoms with van der Waals surface area (Å²) in [4.78, 5) is 14.4. The standard InChI is InChI=1S/C13H7Cl3FNO2/c14-7-1-2-8(15)13(16)12(7)9-3-6(5-11(19)20)4-10(17)18-9/h1-4H,5H2,(H,19,20). The Morgan fingerprint density at radius 3 is 2.50 bits per heavy atom. The molecule has 0 aliphatic rings. The summed E-state index contributed by atoms with van der Waals surface area (Å²) in [6.07, 6.45) is -0.331. The minimum Gasteiger partial charge on any atom is -0.481 e. The molecule has 0 saturated heterocycles. The van der Waals surface area contributed by atoms with Crippen LogP contribution in [0, 0.1) is 5.95 Å². The van der Waals surface area contributed by atoms with Gasteiger partial charge >= 0.3 is 5.97 Å². The molecule has 0 atom stereocenters. The van der Waals surface area contributed by atoms with Gasteiger partial charge in [-0.2, -0.15) is 4.39 Å². The molecule has 0 saturated carbocycles. The number of nitrogens with zero attached hydrogens (tertiary/aromatic N) is 1. The highest BCUT2D eigenvalue weighted by molar-refractivity contribution is 6.46. The van der Waals surface area contributed by atoms with Crippen molar-refractivity contribution in [2.24, 2.45) is 0 Å². The Balaban J connectivity index is 2.61. The van der Waals surface area contributed by atoms with Crippen LogP contribution >= 0.6 is 34.8 Å². The molecule has 0 spiro atoms. The van der Waals surface area contributed by atoms with Crippen LogP contribution in [0.5, 0.6) is 0 Å². The van der Waals surface area contributed by atoms with Crippen molar-refractivity contribution in [3.05, 3.63) is 50.8 Å². The van der Waals surface area contributed by atoms with E-state index in [1.165, 1.54) is 18.2 Å². The van der Waals surface area contributed by atoms with Gasteiger partial charge in [0.05, 0.1) is 27.2 Å². The van der Waals surface area contributed by atoms with E-state index in [0.29, 0.717) is 0 Å². The van der Waals surface area contributed by atoms with Gasteiger partial charge in [-0.3, -0.25) is 4.79 Å². The molecule has 1 aromatic carbocycles. The van der Waals surface area contributed by atoms with E-state index < -0.39 is 11.9 Å². The van der Waals surface area contributed by atoms with Gasteiger partial charge in [-0.05, 0) is 29.8 Å². The van der Waals surface area contributed by atoms with Crippen LogP contribution in [-0.4, -0.2) is 16.1 Å². The number of aliphatic carboxylic acids is 1. The van der Waals surface area contributed by atoms with Crippen LogP contribution in [0.4, 0.5) is 4.39 Å². The molecule has 0 unspecified atom stereocenters. The zero-order valence-corrected chi connectivity index (χ0v) is 12.1. The Morgan fingerprint density at radius 1 is 1.20 bits per heavy atom. The maximum absolute atomic E-state index is 13.5. The van der Waals surface area contributed by atoms with E-state index in [0.717, 1.165) is 6.07 Å². The summed E-state index contributed by atoms with van der Waals surface area (Å²) in [7, 11) is 0. The average Bonchev–Trinajstić information content (AvgIpc) is 2.33. The molecule has 2 rings (SSSR count). The first kappa shape index (κ1) is 15.0. The van der Waals surface area contributed by atoms with E-state index >= 15 is 0 Å². The SMILES string of the molecule is O=C(O)Cc1cc(F)nc(-c2c(Cl)ccc(Cl)c2Cl)c1. The molecular formula is C13H7Cl3FNO2. The van der Waals surface area contributed by atoms with Crippen LogP contribution in [-0.2, 0) is 11.2 Å². The summed E-state index contributed by atoms with van der Waals surface area (Å²) in [5.41, 5.74) is 0.665. The lowest BCUT2D eigenvalue weighted by atomic mass is 10.1. The Morgan fingerprint density at radius 2 is 1.85 bits per heavy atom. The number of benzene rings is 1. The van der Waals surface area contributed by atoms with Gasteiger partial charge in [-0.1, -0.05) is 34.8 Å². The third kappa shape index (κ3) is 3.20. The Kier molecular flexibility index (Phi) is 4.48. The number of halogens is 4. The molecule has 0 amide bonds. The van der Waals surface area contributed by atoms with Crippen LogP contribution in [0.15, 0.2) is 24.3 Å². The Hall–Kier alpha value is -1.36. The highest BCUT2D eigenvalue weighted by Crippen LogP contribution is 2.38. The van der Waals surface area contributed by atoms with Crippen molar-refractivity contribution in [3.8, 4) is 11.3 Å². The van der Waals surface area contributed by atoms with Gasteiger partial charge in [0.1, 0.15) is 0 Å². The zero-order valence-electron chi connectivity index (χ0n) is 9.83. The van der Waals surface area contributed by atoms with Crippen molar-refractivity contribution in [3.63, 3.8) is 0 Å². The predicted octanol–water partition coefficient (Wildman–Crippen LogP) is 4.48. The molecule has 7 heteroatoms. The highest BCUT2D eigenvalue weighted by Gasteiger charge is 2.15. The second-order valence-electron chi connectivity index (χ2n) is 3.97. The summed E-state index contributed by atoms with van der Waals surface area (Å²) in [6, 6.07) is 5.48. The summed E-state index contributed by atoms with van der Waals surface area (Å²) < 4.78 is 13.5. The van der Waals surface area contributed by atoms with Crippen LogP contribution in [0.3, 0.4) is 0 Å². The fourth-order valence-corrected chi connectivity index (χ4v) is 2.44. The molecule has 0 aliphatic heterocycles. The first-order chi connectivity index (χ1) is 9.38. The molecule has 1 aromatic heterocycles. The quantitative estimate of drug-likeness (QED) is 0.665. The van der Waals surface area contributed by atoms with E-state index in [2.05, 4.69) is 4.98 Å². The molecule has 0 aliphatic carbocycles. The van der Waals surface area contributed by atoms with Crippen molar-refractivity contribution in [2.75, 3.05) is 0 Å². The number of carboxylic acid groups (broad SMARTS) is 1. The topological polar surface area (TPSA) is 50.2 Å². The normalized spacial score (nSPS) is 10.6. The van der Waals surface area contributed by atoms with Gasteiger partial charge in [0, 0.05) is 5.56 Å². The molecule has 1 heterocycles. The van der Waals surface area contributed by atoms with Gasteiger partial charge in [0.2, 0.25) is 5.95 Å². The van der Waals surface area contributed by atoms with E-state index in [9.17, 15) is 9.18 Å². The lowest BCUT2D eigenvalue weighted by Crippen LogP contribution is -2.02. The molecule has 2 aromatic rings. The molecule has 0 fully saturated rings. The zero-order chi connectivity index (χ0) is 14.9. The molecule has 20 heavy (non-hydrogen) atoms. The van der Waals surface area contributed by atoms with Crippen LogP contribution in [0.25, 0.3) is 11.3 Å². The van der Waals surface area contributed by atoms with E-state index in [-0.39, 0.29) is 38.3 Å². The van der Waals surface area contributed by atoms with Crippen LogP contribution in [0.2, 0.25) is 15.1 Å². The van der Waals surface area contributed by atoms with E-state index in [4.69, 9.17) is 39.9 Å². The number of pyridine rings is 1. The number of carboxylic acids is 1. The second kappa shape index (κ2) is 5.95. The summed E-state index contributed by atoms with van der Waals surface area (Å²) >= 11 is 18.0. The first-order valence-electron chi connectivity index (χ1n) is 5.40. The predicted molar refractivity (Wildman–Crippen MR) is 76.0 cm³/mol. The van der Waals surface area contributed by atoms with Crippen molar-refractivity contribution in [1.29, 1.82) is 0 Å². The van der Waals surface area contributed by atoms with Crippen molar-refractivity contribution in [2.45, 2.75) is 6.42 Å². The lowest BCUT2D eigenvalue weighted by molar-refractivity contribution is -0.136. The number of aromatic nitrogens is 1. The molecule has 104 valence electrons. The maximum atomic E-state index is 13.5. The summed E-state index contributed by atoms with van der Waals surface area (Å²) in [5, 5.41) is 9.39. The van der Waals surface area contributed by atoms with Gasteiger partial charge < -0.3 is 5.11 Å². The van der Waals surface area contributed by atoms with Gasteiger partial charge in [0.15, 0.2) is 0 Å². The van der Waals surface area contributed by atoms with Crippen molar-refractivity contribution < 1.29 is 14.3 Å². The maximum Gasteiger partial charge on any atom is 0.307 e. The molecule has 1 N–H and O–H groups in total. The Labute approximate surface area is 128 Å². The number of carbonyl (C=O) groups is 1. The first-order valence-corrected chi connectivity index (χ1v) is 6.54. The summed E-state index contributed by atoms with van der Waals surface area (Å²) in [5.74, 6) is -1.89. The number of hydrogen-bond donors (Lipinski definition) is 1. The average molecular weight is 335 g/mol. The van der Waals surface area contributed by atoms with Crippen molar-refractivity contribution >= 4 is 40.8 Å². The van der Waals surface area contributed by atoms with Gasteiger partial charge in [-0.25, -0.2) is 4.98 Å². The van der Waals surface area contributed by atoms with Crippen LogP contribution in [0.1, 0.15) is 5.56 Å². The highest BCUT2D eigenvalue weighted by atomic mass is 35.5. The summed E-state index contributed by atoms with van der Waals surface area (Å²) in [6.45, 7) is 0. The third-order valence-electron chi connectivity index (χ3n) is 2.51. The van der Waals surface area contributed by atoms with Gasteiger partial charge in [0.25, 0.3) is 0 Å². The smallest absolute Gasteiger partial charge is 0.307 e. The minimum atomic E-state index is -1.08. The largest absolute Gasteiger partial charge is 0.481 e. The third-order valence-corrected chi connectivity index (χ3v) is 3.63. The molecule has 0 radical (unpaired) electrons. The second-order valence-corrected chi connectivity index (χ2v) is 5.16. The number of hydrogen-bond acceptors (Lipinski definition) is 2. The van der Waals surface area contributed by atoms with Crippen LogP contribution < -0.4 is 0 Å². The fraction of sp³-hybridized carbons (Fsp3) is 0.0769.